The summed E-state index contributed by atoms with van der Waals surface area (Å²) in [6.07, 6.45) is 1.83. The van der Waals surface area contributed by atoms with Crippen molar-refractivity contribution in [2.45, 2.75) is 31.6 Å². The summed E-state index contributed by atoms with van der Waals surface area (Å²) in [5.41, 5.74) is 3.20. The molecule has 8 heteroatoms. The van der Waals surface area contributed by atoms with Gasteiger partial charge in [-0.05, 0) is 76.0 Å². The SMILES string of the molecule is Cc1cc(C(=O)CN2CCC(CO)CC2)c(C)n1-c1ccc(S(N)(=O)=O)cc1. The average Bonchev–Trinajstić information content (AvgIpc) is 2.96. The van der Waals surface area contributed by atoms with Gasteiger partial charge in [-0.1, -0.05) is 0 Å². The molecule has 3 N–H and O–H groups in total. The predicted molar refractivity (Wildman–Crippen MR) is 107 cm³/mol. The quantitative estimate of drug-likeness (QED) is 0.711. The van der Waals surface area contributed by atoms with E-state index >= 15 is 0 Å². The molecule has 1 aliphatic rings. The fourth-order valence-corrected chi connectivity index (χ4v) is 4.36. The van der Waals surface area contributed by atoms with Gasteiger partial charge in [-0.15, -0.1) is 0 Å². The number of hydrogen-bond acceptors (Lipinski definition) is 5. The third-order valence-corrected chi connectivity index (χ3v) is 6.42. The Morgan fingerprint density at radius 3 is 2.32 bits per heavy atom. The smallest absolute Gasteiger partial charge is 0.238 e. The number of carbonyl (C=O) groups excluding carboxylic acids is 1. The molecule has 1 saturated heterocycles. The summed E-state index contributed by atoms with van der Waals surface area (Å²) in [5.74, 6) is 0.416. The molecule has 1 aliphatic heterocycles. The average molecular weight is 406 g/mol. The molecule has 152 valence electrons. The number of hydrogen-bond donors (Lipinski definition) is 2. The lowest BCUT2D eigenvalue weighted by molar-refractivity contribution is 0.0863. The largest absolute Gasteiger partial charge is 0.396 e. The number of primary sulfonamides is 1. The van der Waals surface area contributed by atoms with Crippen molar-refractivity contribution >= 4 is 15.8 Å². The van der Waals surface area contributed by atoms with E-state index in [1.807, 2.05) is 24.5 Å². The van der Waals surface area contributed by atoms with Crippen LogP contribution in [0.3, 0.4) is 0 Å². The second-order valence-electron chi connectivity index (χ2n) is 7.48. The number of aliphatic hydroxyl groups excluding tert-OH is 1. The van der Waals surface area contributed by atoms with Crippen molar-refractivity contribution in [3.8, 4) is 5.69 Å². The molecule has 0 unspecified atom stereocenters. The van der Waals surface area contributed by atoms with E-state index in [0.717, 1.165) is 43.0 Å². The van der Waals surface area contributed by atoms with Crippen LogP contribution < -0.4 is 5.14 Å². The first-order chi connectivity index (χ1) is 13.2. The fourth-order valence-electron chi connectivity index (χ4n) is 3.84. The summed E-state index contributed by atoms with van der Waals surface area (Å²) >= 11 is 0. The Labute approximate surface area is 165 Å². The van der Waals surface area contributed by atoms with Crippen molar-refractivity contribution < 1.29 is 18.3 Å². The maximum absolute atomic E-state index is 12.9. The highest BCUT2D eigenvalue weighted by molar-refractivity contribution is 7.89. The number of benzene rings is 1. The van der Waals surface area contributed by atoms with Gasteiger partial charge in [-0.25, -0.2) is 13.6 Å². The van der Waals surface area contributed by atoms with Crippen LogP contribution in [-0.4, -0.2) is 55.0 Å². The van der Waals surface area contributed by atoms with Crippen LogP contribution in [0.4, 0.5) is 0 Å². The molecule has 0 atom stereocenters. The van der Waals surface area contributed by atoms with Crippen molar-refractivity contribution in [2.24, 2.45) is 11.1 Å². The van der Waals surface area contributed by atoms with E-state index in [9.17, 15) is 18.3 Å². The van der Waals surface area contributed by atoms with Crippen molar-refractivity contribution in [1.82, 2.24) is 9.47 Å². The van der Waals surface area contributed by atoms with Gasteiger partial charge in [0.05, 0.1) is 11.4 Å². The Hall–Kier alpha value is -2.00. The van der Waals surface area contributed by atoms with E-state index in [1.54, 1.807) is 12.1 Å². The molecule has 28 heavy (non-hydrogen) atoms. The zero-order chi connectivity index (χ0) is 20.5. The number of aliphatic hydroxyl groups is 1. The predicted octanol–water partition coefficient (Wildman–Crippen LogP) is 1.63. The summed E-state index contributed by atoms with van der Waals surface area (Å²) in [5, 5.41) is 14.4. The van der Waals surface area contributed by atoms with E-state index in [2.05, 4.69) is 4.90 Å². The molecule has 1 fully saturated rings. The minimum atomic E-state index is -3.74. The second kappa shape index (κ2) is 8.16. The zero-order valence-corrected chi connectivity index (χ0v) is 17.1. The molecular formula is C20H27N3O4S. The maximum atomic E-state index is 12.9. The molecule has 7 nitrogen and oxygen atoms in total. The fraction of sp³-hybridized carbons (Fsp3) is 0.450. The lowest BCUT2D eigenvalue weighted by Gasteiger charge is -2.30. The number of nitrogens with two attached hydrogens (primary N) is 1. The summed E-state index contributed by atoms with van der Waals surface area (Å²) in [6, 6.07) is 8.19. The van der Waals surface area contributed by atoms with Gasteiger partial charge in [0.15, 0.2) is 5.78 Å². The van der Waals surface area contributed by atoms with Gasteiger partial charge in [0.25, 0.3) is 0 Å². The Morgan fingerprint density at radius 1 is 1.18 bits per heavy atom. The Bertz CT molecular complexity index is 956. The number of piperidine rings is 1. The number of sulfonamides is 1. The van der Waals surface area contributed by atoms with Crippen LogP contribution in [0.15, 0.2) is 35.2 Å². The van der Waals surface area contributed by atoms with Crippen LogP contribution in [0, 0.1) is 19.8 Å². The molecule has 0 saturated carbocycles. The van der Waals surface area contributed by atoms with Crippen molar-refractivity contribution in [1.29, 1.82) is 0 Å². The number of likely N-dealkylation sites (tertiary alicyclic amines) is 1. The third kappa shape index (κ3) is 4.35. The zero-order valence-electron chi connectivity index (χ0n) is 16.3. The van der Waals surface area contributed by atoms with Gasteiger partial charge in [0.1, 0.15) is 0 Å². The van der Waals surface area contributed by atoms with Gasteiger partial charge in [0.2, 0.25) is 10.0 Å². The number of aromatic nitrogens is 1. The lowest BCUT2D eigenvalue weighted by atomic mass is 9.97. The summed E-state index contributed by atoms with van der Waals surface area (Å²) in [7, 11) is -3.74. The van der Waals surface area contributed by atoms with Crippen molar-refractivity contribution in [3.63, 3.8) is 0 Å². The number of Topliss-reactive ketones (excluding diaryl/α,β-unsaturated/α-hetero) is 1. The van der Waals surface area contributed by atoms with E-state index < -0.39 is 10.0 Å². The van der Waals surface area contributed by atoms with E-state index in [-0.39, 0.29) is 17.3 Å². The van der Waals surface area contributed by atoms with E-state index in [4.69, 9.17) is 5.14 Å². The Morgan fingerprint density at radius 2 is 1.79 bits per heavy atom. The molecule has 1 aromatic heterocycles. The maximum Gasteiger partial charge on any atom is 0.238 e. The molecule has 0 radical (unpaired) electrons. The molecular weight excluding hydrogens is 378 g/mol. The van der Waals surface area contributed by atoms with Crippen LogP contribution in [0.25, 0.3) is 5.69 Å². The highest BCUT2D eigenvalue weighted by Crippen LogP contribution is 2.23. The Kier molecular flexibility index (Phi) is 6.04. The number of aryl methyl sites for hydroxylation is 1. The van der Waals surface area contributed by atoms with Crippen molar-refractivity contribution in [2.75, 3.05) is 26.2 Å². The first-order valence-electron chi connectivity index (χ1n) is 9.39. The van der Waals surface area contributed by atoms with Crippen LogP contribution in [0.2, 0.25) is 0 Å². The van der Waals surface area contributed by atoms with Crippen LogP contribution >= 0.6 is 0 Å². The standard InChI is InChI=1S/C20H27N3O4S/c1-14-11-19(20(25)12-22-9-7-16(13-24)8-10-22)15(2)23(14)17-3-5-18(6-4-17)28(21,26)27/h3-6,11,16,24H,7-10,12-13H2,1-2H3,(H2,21,26,27). The minimum absolute atomic E-state index is 0.0568. The van der Waals surface area contributed by atoms with Crippen LogP contribution in [0.1, 0.15) is 34.6 Å². The highest BCUT2D eigenvalue weighted by atomic mass is 32.2. The minimum Gasteiger partial charge on any atom is -0.396 e. The second-order valence-corrected chi connectivity index (χ2v) is 9.05. The molecule has 0 spiro atoms. The molecule has 1 aromatic carbocycles. The normalized spacial score (nSPS) is 16.4. The van der Waals surface area contributed by atoms with Crippen molar-refractivity contribution in [3.05, 3.63) is 47.3 Å². The molecule has 2 heterocycles. The highest BCUT2D eigenvalue weighted by Gasteiger charge is 2.23. The third-order valence-electron chi connectivity index (χ3n) is 5.49. The van der Waals surface area contributed by atoms with Gasteiger partial charge in [0, 0.05) is 29.2 Å². The number of carbonyl (C=O) groups is 1. The Balaban J connectivity index is 1.79. The van der Waals surface area contributed by atoms with Crippen LogP contribution in [0.5, 0.6) is 0 Å². The molecule has 2 aromatic rings. The first kappa shape index (κ1) is 20.7. The van der Waals surface area contributed by atoms with Gasteiger partial charge >= 0.3 is 0 Å². The number of ketones is 1. The molecule has 0 amide bonds. The van der Waals surface area contributed by atoms with Gasteiger partial charge in [-0.3, -0.25) is 9.69 Å². The number of rotatable bonds is 6. The van der Waals surface area contributed by atoms with E-state index in [0.29, 0.717) is 18.0 Å². The lowest BCUT2D eigenvalue weighted by Crippen LogP contribution is -2.38. The summed E-state index contributed by atoms with van der Waals surface area (Å²) in [6.45, 7) is 6.05. The summed E-state index contributed by atoms with van der Waals surface area (Å²) in [4.78, 5) is 15.1. The van der Waals surface area contributed by atoms with Gasteiger partial charge < -0.3 is 9.67 Å². The molecule has 0 aliphatic carbocycles. The summed E-state index contributed by atoms with van der Waals surface area (Å²) < 4.78 is 24.8. The van der Waals surface area contributed by atoms with Gasteiger partial charge in [-0.2, -0.15) is 0 Å². The topological polar surface area (TPSA) is 106 Å². The van der Waals surface area contributed by atoms with Crippen LogP contribution in [-0.2, 0) is 10.0 Å². The monoisotopic (exact) mass is 405 g/mol. The number of nitrogens with zero attached hydrogens (tertiary/aromatic N) is 2. The first-order valence-corrected chi connectivity index (χ1v) is 10.9. The molecule has 0 bridgehead atoms. The van der Waals surface area contributed by atoms with E-state index in [1.165, 1.54) is 12.1 Å². The molecule has 3 rings (SSSR count).